The van der Waals surface area contributed by atoms with E-state index in [1.54, 1.807) is 13.2 Å². The van der Waals surface area contributed by atoms with Gasteiger partial charge in [0, 0.05) is 7.11 Å². The predicted octanol–water partition coefficient (Wildman–Crippen LogP) is 0.700. The van der Waals surface area contributed by atoms with Gasteiger partial charge in [-0.1, -0.05) is 6.08 Å². The van der Waals surface area contributed by atoms with Crippen LogP contribution in [-0.2, 0) is 14.2 Å². The molecule has 4 heteroatoms. The fourth-order valence-electron chi connectivity index (χ4n) is 1.47. The van der Waals surface area contributed by atoms with Crippen LogP contribution in [0.2, 0.25) is 0 Å². The first-order chi connectivity index (χ1) is 6.50. The summed E-state index contributed by atoms with van der Waals surface area (Å²) >= 11 is 0. The summed E-state index contributed by atoms with van der Waals surface area (Å²) in [7, 11) is 1.56. The Labute approximate surface area is 84.5 Å². The number of aliphatic hydroxyl groups is 1. The van der Waals surface area contributed by atoms with Crippen molar-refractivity contribution >= 4 is 0 Å². The summed E-state index contributed by atoms with van der Waals surface area (Å²) in [6.45, 7) is 7.50. The molecule has 0 unspecified atom stereocenters. The number of aliphatic hydroxyl groups excluding tert-OH is 1. The van der Waals surface area contributed by atoms with E-state index in [9.17, 15) is 5.11 Å². The van der Waals surface area contributed by atoms with Crippen LogP contribution >= 0.6 is 0 Å². The quantitative estimate of drug-likeness (QED) is 0.684. The van der Waals surface area contributed by atoms with Crippen molar-refractivity contribution in [2.24, 2.45) is 0 Å². The topological polar surface area (TPSA) is 47.9 Å². The van der Waals surface area contributed by atoms with Gasteiger partial charge in [0.05, 0.1) is 6.61 Å². The van der Waals surface area contributed by atoms with Crippen LogP contribution in [0.25, 0.3) is 0 Å². The lowest BCUT2D eigenvalue weighted by Gasteiger charge is -2.41. The lowest BCUT2D eigenvalue weighted by Crippen LogP contribution is -2.53. The molecule has 82 valence electrons. The summed E-state index contributed by atoms with van der Waals surface area (Å²) in [5, 5.41) is 9.66. The van der Waals surface area contributed by atoms with Crippen LogP contribution in [-0.4, -0.2) is 42.9 Å². The molecule has 1 fully saturated rings. The predicted molar refractivity (Wildman–Crippen MR) is 51.9 cm³/mol. The molecule has 0 aromatic carbocycles. The molecule has 3 atom stereocenters. The van der Waals surface area contributed by atoms with Crippen LogP contribution < -0.4 is 0 Å². The fourth-order valence-corrected chi connectivity index (χ4v) is 1.47. The van der Waals surface area contributed by atoms with Crippen LogP contribution in [0.15, 0.2) is 12.7 Å². The maximum atomic E-state index is 9.66. The third-order valence-electron chi connectivity index (χ3n) is 2.23. The molecule has 0 radical (unpaired) electrons. The van der Waals surface area contributed by atoms with E-state index in [0.29, 0.717) is 0 Å². The minimum atomic E-state index is -0.677. The van der Waals surface area contributed by atoms with Gasteiger partial charge in [0.25, 0.3) is 0 Å². The number of hydrogen-bond acceptors (Lipinski definition) is 4. The highest BCUT2D eigenvalue weighted by atomic mass is 16.7. The molecular formula is C10H18O4. The van der Waals surface area contributed by atoms with Crippen LogP contribution in [0.4, 0.5) is 0 Å². The molecule has 0 bridgehead atoms. The number of rotatable bonds is 3. The second-order valence-electron chi connectivity index (χ2n) is 3.80. The Morgan fingerprint density at radius 2 is 2.29 bits per heavy atom. The lowest BCUT2D eigenvalue weighted by atomic mass is 10.1. The number of ether oxygens (including phenoxy) is 3. The molecule has 14 heavy (non-hydrogen) atoms. The molecule has 1 saturated heterocycles. The van der Waals surface area contributed by atoms with E-state index < -0.39 is 18.0 Å². The van der Waals surface area contributed by atoms with Gasteiger partial charge in [0.2, 0.25) is 0 Å². The van der Waals surface area contributed by atoms with Crippen molar-refractivity contribution in [2.45, 2.75) is 37.9 Å². The molecule has 1 aliphatic rings. The summed E-state index contributed by atoms with van der Waals surface area (Å²) in [5.41, 5.74) is 0. The lowest BCUT2D eigenvalue weighted by molar-refractivity contribution is -0.316. The third-order valence-corrected chi connectivity index (χ3v) is 2.23. The molecule has 0 aromatic rings. The van der Waals surface area contributed by atoms with Gasteiger partial charge in [-0.15, -0.1) is 6.58 Å². The Morgan fingerprint density at radius 1 is 1.64 bits per heavy atom. The first kappa shape index (κ1) is 11.7. The SMILES string of the molecule is C=C[C@H](OC)[C@H]1OC(C)(C)OC[C@H]1O. The Morgan fingerprint density at radius 3 is 2.79 bits per heavy atom. The van der Waals surface area contributed by atoms with E-state index in [1.165, 1.54) is 0 Å². The normalized spacial score (nSPS) is 33.7. The van der Waals surface area contributed by atoms with E-state index in [2.05, 4.69) is 6.58 Å². The zero-order valence-electron chi connectivity index (χ0n) is 8.90. The minimum absolute atomic E-state index is 0.255. The van der Waals surface area contributed by atoms with Gasteiger partial charge in [-0.05, 0) is 13.8 Å². The number of methoxy groups -OCH3 is 1. The molecule has 1 heterocycles. The zero-order chi connectivity index (χ0) is 10.8. The van der Waals surface area contributed by atoms with E-state index in [1.807, 2.05) is 13.8 Å². The van der Waals surface area contributed by atoms with E-state index >= 15 is 0 Å². The van der Waals surface area contributed by atoms with Gasteiger partial charge in [-0.25, -0.2) is 0 Å². The molecule has 0 amide bonds. The molecule has 1 N–H and O–H groups in total. The van der Waals surface area contributed by atoms with Crippen molar-refractivity contribution in [3.63, 3.8) is 0 Å². The Bertz CT molecular complexity index is 202. The van der Waals surface area contributed by atoms with E-state index in [0.717, 1.165) is 0 Å². The number of hydrogen-bond donors (Lipinski definition) is 1. The second-order valence-corrected chi connectivity index (χ2v) is 3.80. The van der Waals surface area contributed by atoms with Crippen LogP contribution in [0.3, 0.4) is 0 Å². The average Bonchev–Trinajstić information content (AvgIpc) is 2.13. The zero-order valence-corrected chi connectivity index (χ0v) is 8.90. The molecule has 4 nitrogen and oxygen atoms in total. The van der Waals surface area contributed by atoms with Crippen molar-refractivity contribution in [3.8, 4) is 0 Å². The molecule has 0 aliphatic carbocycles. The average molecular weight is 202 g/mol. The maximum Gasteiger partial charge on any atom is 0.163 e. The highest BCUT2D eigenvalue weighted by Gasteiger charge is 2.39. The summed E-state index contributed by atoms with van der Waals surface area (Å²) in [6.07, 6.45) is 0.218. The molecular weight excluding hydrogens is 184 g/mol. The van der Waals surface area contributed by atoms with Gasteiger partial charge in [0.1, 0.15) is 18.3 Å². The van der Waals surface area contributed by atoms with Gasteiger partial charge in [-0.3, -0.25) is 0 Å². The monoisotopic (exact) mass is 202 g/mol. The maximum absolute atomic E-state index is 9.66. The second kappa shape index (κ2) is 4.40. The smallest absolute Gasteiger partial charge is 0.163 e. The Balaban J connectivity index is 2.69. The summed E-state index contributed by atoms with van der Waals surface area (Å²) in [5.74, 6) is -0.677. The van der Waals surface area contributed by atoms with Crippen LogP contribution in [0.1, 0.15) is 13.8 Å². The molecule has 0 spiro atoms. The van der Waals surface area contributed by atoms with Crippen LogP contribution in [0, 0.1) is 0 Å². The van der Waals surface area contributed by atoms with Crippen molar-refractivity contribution < 1.29 is 19.3 Å². The van der Waals surface area contributed by atoms with E-state index in [4.69, 9.17) is 14.2 Å². The molecule has 0 aromatic heterocycles. The highest BCUT2D eigenvalue weighted by molar-refractivity contribution is 4.93. The van der Waals surface area contributed by atoms with Gasteiger partial charge in [0.15, 0.2) is 5.79 Å². The van der Waals surface area contributed by atoms with Gasteiger partial charge < -0.3 is 19.3 Å². The van der Waals surface area contributed by atoms with Crippen molar-refractivity contribution in [1.29, 1.82) is 0 Å². The summed E-state index contributed by atoms with van der Waals surface area (Å²) in [4.78, 5) is 0. The van der Waals surface area contributed by atoms with Crippen LogP contribution in [0.5, 0.6) is 0 Å². The first-order valence-electron chi connectivity index (χ1n) is 4.65. The summed E-state index contributed by atoms with van der Waals surface area (Å²) < 4.78 is 16.0. The Kier molecular flexibility index (Phi) is 3.66. The van der Waals surface area contributed by atoms with Crippen molar-refractivity contribution in [3.05, 3.63) is 12.7 Å². The Hall–Kier alpha value is -0.420. The van der Waals surface area contributed by atoms with Gasteiger partial charge >= 0.3 is 0 Å². The van der Waals surface area contributed by atoms with E-state index in [-0.39, 0.29) is 12.7 Å². The molecule has 1 aliphatic heterocycles. The first-order valence-corrected chi connectivity index (χ1v) is 4.65. The van der Waals surface area contributed by atoms with Gasteiger partial charge in [-0.2, -0.15) is 0 Å². The highest BCUT2D eigenvalue weighted by Crippen LogP contribution is 2.25. The van der Waals surface area contributed by atoms with Crippen molar-refractivity contribution in [1.82, 2.24) is 0 Å². The van der Waals surface area contributed by atoms with Crippen molar-refractivity contribution in [2.75, 3.05) is 13.7 Å². The standard InChI is InChI=1S/C10H18O4/c1-5-8(12-4)9-7(11)6-13-10(2,3)14-9/h5,7-9,11H,1,6H2,2-4H3/t7-,8+,9+/m1/s1. The third kappa shape index (κ3) is 2.54. The largest absolute Gasteiger partial charge is 0.388 e. The minimum Gasteiger partial charge on any atom is -0.388 e. The fraction of sp³-hybridized carbons (Fsp3) is 0.800. The summed E-state index contributed by atoms with van der Waals surface area (Å²) in [6, 6.07) is 0. The molecule has 0 saturated carbocycles. The molecule has 1 rings (SSSR count).